The van der Waals surface area contributed by atoms with Crippen LogP contribution >= 0.6 is 0 Å². The summed E-state index contributed by atoms with van der Waals surface area (Å²) in [5, 5.41) is 7.42. The van der Waals surface area contributed by atoms with Crippen LogP contribution in [-0.4, -0.2) is 4.57 Å². The molecule has 2 heteroatoms. The van der Waals surface area contributed by atoms with Crippen molar-refractivity contribution in [2.75, 3.05) is 4.90 Å². The minimum absolute atomic E-state index is 1.08. The van der Waals surface area contributed by atoms with Crippen molar-refractivity contribution in [2.24, 2.45) is 0 Å². The quantitative estimate of drug-likeness (QED) is 0.139. The molecule has 2 nitrogen and oxygen atoms in total. The number of aromatic nitrogens is 1. The molecule has 0 aliphatic rings. The predicted molar refractivity (Wildman–Crippen MR) is 272 cm³/mol. The van der Waals surface area contributed by atoms with Gasteiger partial charge >= 0.3 is 0 Å². The van der Waals surface area contributed by atoms with Crippen molar-refractivity contribution in [3.8, 4) is 50.2 Å². The maximum Gasteiger partial charge on any atom is 0.0619 e. The van der Waals surface area contributed by atoms with Crippen LogP contribution in [0.2, 0.25) is 0 Å². The van der Waals surface area contributed by atoms with Crippen LogP contribution < -0.4 is 4.90 Å². The first-order valence-corrected chi connectivity index (χ1v) is 22.0. The largest absolute Gasteiger partial charge is 0.310 e. The number of benzene rings is 11. The van der Waals surface area contributed by atoms with Gasteiger partial charge in [-0.3, -0.25) is 0 Å². The van der Waals surface area contributed by atoms with Gasteiger partial charge in [0.2, 0.25) is 0 Å². The molecule has 11 aromatic carbocycles. The fourth-order valence-electron chi connectivity index (χ4n) is 9.92. The molecule has 0 aliphatic carbocycles. The maximum absolute atomic E-state index is 2.42. The number of nitrogens with zero attached hydrogens (tertiary/aromatic N) is 2. The van der Waals surface area contributed by atoms with Crippen LogP contribution in [0.25, 0.3) is 93.5 Å². The lowest BCUT2D eigenvalue weighted by atomic mass is 9.85. The lowest BCUT2D eigenvalue weighted by Crippen LogP contribution is -2.10. The minimum Gasteiger partial charge on any atom is -0.310 e. The van der Waals surface area contributed by atoms with Gasteiger partial charge in [0.1, 0.15) is 0 Å². The molecule has 12 aromatic rings. The summed E-state index contributed by atoms with van der Waals surface area (Å²) in [6.45, 7) is 0. The molecule has 0 saturated carbocycles. The fourth-order valence-corrected chi connectivity index (χ4v) is 9.92. The summed E-state index contributed by atoms with van der Waals surface area (Å²) in [6.07, 6.45) is 0. The molecule has 1 heterocycles. The van der Waals surface area contributed by atoms with Gasteiger partial charge in [-0.2, -0.15) is 0 Å². The summed E-state index contributed by atoms with van der Waals surface area (Å²) in [5.41, 5.74) is 16.4. The van der Waals surface area contributed by atoms with Crippen molar-refractivity contribution in [2.45, 2.75) is 0 Å². The highest BCUT2D eigenvalue weighted by atomic mass is 15.1. The first-order chi connectivity index (χ1) is 31.8. The zero-order valence-electron chi connectivity index (χ0n) is 35.1. The first kappa shape index (κ1) is 37.3. The van der Waals surface area contributed by atoms with Crippen molar-refractivity contribution in [1.29, 1.82) is 0 Å². The molecule has 0 atom stereocenters. The Morgan fingerprint density at radius 1 is 0.266 bits per heavy atom. The van der Waals surface area contributed by atoms with E-state index in [1.165, 1.54) is 82.3 Å². The van der Waals surface area contributed by atoms with Crippen molar-refractivity contribution >= 4 is 60.4 Å². The Bertz CT molecular complexity index is 3630. The van der Waals surface area contributed by atoms with E-state index in [-0.39, 0.29) is 0 Å². The third kappa shape index (κ3) is 6.35. The highest BCUT2D eigenvalue weighted by Gasteiger charge is 2.22. The van der Waals surface area contributed by atoms with Crippen molar-refractivity contribution in [3.63, 3.8) is 0 Å². The van der Waals surface area contributed by atoms with Crippen molar-refractivity contribution < 1.29 is 0 Å². The topological polar surface area (TPSA) is 8.17 Å². The third-order valence-corrected chi connectivity index (χ3v) is 12.7. The molecule has 300 valence electrons. The van der Waals surface area contributed by atoms with Gasteiger partial charge in [-0.05, 0) is 115 Å². The van der Waals surface area contributed by atoms with E-state index < -0.39 is 0 Å². The molecular weight excluding hydrogens is 773 g/mol. The van der Waals surface area contributed by atoms with E-state index in [1.54, 1.807) is 0 Å². The summed E-state index contributed by atoms with van der Waals surface area (Å²) in [7, 11) is 0. The number of hydrogen-bond acceptors (Lipinski definition) is 1. The predicted octanol–water partition coefficient (Wildman–Crippen LogP) is 17.2. The number of anilines is 3. The number of rotatable bonds is 8. The van der Waals surface area contributed by atoms with Gasteiger partial charge in [-0.15, -0.1) is 0 Å². The van der Waals surface area contributed by atoms with Gasteiger partial charge in [0.15, 0.2) is 0 Å². The van der Waals surface area contributed by atoms with E-state index in [9.17, 15) is 0 Å². The Labute approximate surface area is 373 Å². The third-order valence-electron chi connectivity index (χ3n) is 12.7. The summed E-state index contributed by atoms with van der Waals surface area (Å²) in [5.74, 6) is 0. The smallest absolute Gasteiger partial charge is 0.0619 e. The van der Waals surface area contributed by atoms with Crippen LogP contribution in [0, 0.1) is 0 Å². The molecule has 0 saturated heterocycles. The SMILES string of the molecule is c1ccc(-c2cccc(N(c3ccc(-c4cccc5c6ccccc6n(-c6ccccc6)c45)cc3)c3ccc4c(c3)c(-c3ccccc3)c(-c3ccccc3)c3ccccc34)c2)cc1. The van der Waals surface area contributed by atoms with E-state index in [4.69, 9.17) is 0 Å². The fraction of sp³-hybridized carbons (Fsp3) is 0. The molecule has 0 aliphatic heterocycles. The first-order valence-electron chi connectivity index (χ1n) is 22.0. The molecular formula is C62H42N2. The van der Waals surface area contributed by atoms with E-state index in [0.717, 1.165) is 28.3 Å². The average Bonchev–Trinajstić information content (AvgIpc) is 3.72. The second-order valence-corrected chi connectivity index (χ2v) is 16.4. The molecule has 0 spiro atoms. The van der Waals surface area contributed by atoms with Gasteiger partial charge in [-0.1, -0.05) is 200 Å². The average molecular weight is 815 g/mol. The van der Waals surface area contributed by atoms with Gasteiger partial charge < -0.3 is 9.47 Å². The molecule has 12 rings (SSSR count). The molecule has 0 radical (unpaired) electrons. The van der Waals surface area contributed by atoms with Crippen LogP contribution in [0.5, 0.6) is 0 Å². The van der Waals surface area contributed by atoms with E-state index in [2.05, 4.69) is 264 Å². The molecule has 0 bridgehead atoms. The molecule has 0 fully saturated rings. The normalized spacial score (nSPS) is 11.4. The molecule has 0 unspecified atom stereocenters. The second-order valence-electron chi connectivity index (χ2n) is 16.4. The van der Waals surface area contributed by atoms with E-state index in [1.807, 2.05) is 0 Å². The summed E-state index contributed by atoms with van der Waals surface area (Å²) >= 11 is 0. The van der Waals surface area contributed by atoms with Crippen LogP contribution in [0.4, 0.5) is 17.1 Å². The number of fused-ring (bicyclic) bond motifs is 6. The Balaban J connectivity index is 1.09. The Hall–Kier alpha value is -8.46. The van der Waals surface area contributed by atoms with Gasteiger partial charge in [0.05, 0.1) is 11.0 Å². The molecule has 0 N–H and O–H groups in total. The van der Waals surface area contributed by atoms with E-state index in [0.29, 0.717) is 0 Å². The highest BCUT2D eigenvalue weighted by molar-refractivity contribution is 6.22. The van der Waals surface area contributed by atoms with Gasteiger partial charge in [-0.25, -0.2) is 0 Å². The highest BCUT2D eigenvalue weighted by Crippen LogP contribution is 2.47. The summed E-state index contributed by atoms with van der Waals surface area (Å²) in [4.78, 5) is 2.42. The van der Waals surface area contributed by atoms with E-state index >= 15 is 0 Å². The number of para-hydroxylation sites is 3. The lowest BCUT2D eigenvalue weighted by Gasteiger charge is -2.27. The monoisotopic (exact) mass is 814 g/mol. The maximum atomic E-state index is 2.42. The summed E-state index contributed by atoms with van der Waals surface area (Å²) < 4.78 is 2.42. The molecule has 1 aromatic heterocycles. The van der Waals surface area contributed by atoms with Crippen molar-refractivity contribution in [1.82, 2.24) is 4.57 Å². The van der Waals surface area contributed by atoms with Gasteiger partial charge in [0.25, 0.3) is 0 Å². The number of hydrogen-bond donors (Lipinski definition) is 0. The van der Waals surface area contributed by atoms with Crippen molar-refractivity contribution in [3.05, 3.63) is 255 Å². The molecule has 0 amide bonds. The van der Waals surface area contributed by atoms with Crippen LogP contribution in [0.3, 0.4) is 0 Å². The Morgan fingerprint density at radius 2 is 0.766 bits per heavy atom. The second kappa shape index (κ2) is 15.8. The summed E-state index contributed by atoms with van der Waals surface area (Å²) in [6, 6.07) is 92.7. The minimum atomic E-state index is 1.08. The lowest BCUT2D eigenvalue weighted by molar-refractivity contribution is 1.18. The van der Waals surface area contributed by atoms with Gasteiger partial charge in [0, 0.05) is 39.1 Å². The van der Waals surface area contributed by atoms with Crippen LogP contribution in [0.1, 0.15) is 0 Å². The van der Waals surface area contributed by atoms with Crippen LogP contribution in [-0.2, 0) is 0 Å². The zero-order valence-corrected chi connectivity index (χ0v) is 35.1. The van der Waals surface area contributed by atoms with Crippen LogP contribution in [0.15, 0.2) is 255 Å². The Morgan fingerprint density at radius 3 is 1.47 bits per heavy atom. The molecule has 64 heavy (non-hydrogen) atoms. The Kier molecular flexibility index (Phi) is 9.20. The zero-order chi connectivity index (χ0) is 42.4. The standard InChI is InChI=1S/C62H42N2/c1-5-19-43(20-6-1)47-25-17-28-50(41-47)63(49-37-35-44(36-38-49)52-32-18-33-57-55-30-15-16-34-59(55)64(62(52)57)48-26-11-4-12-27-48)51-39-40-54-53-29-13-14-31-56(53)60(45-21-7-2-8-22-45)61(58(54)42-51)46-23-9-3-10-24-46/h1-42H.